The predicted octanol–water partition coefficient (Wildman–Crippen LogP) is 1.76. The summed E-state index contributed by atoms with van der Waals surface area (Å²) in [4.78, 5) is 11.9. The summed E-state index contributed by atoms with van der Waals surface area (Å²) in [6.07, 6.45) is 0. The molecular formula is C12H16ClN3O2. The summed E-state index contributed by atoms with van der Waals surface area (Å²) in [6.45, 7) is 3.85. The number of aryl methyl sites for hydroxylation is 1. The molecule has 0 aliphatic carbocycles. The molecule has 0 saturated heterocycles. The third-order valence-electron chi connectivity index (χ3n) is 2.63. The van der Waals surface area contributed by atoms with Gasteiger partial charge in [0.25, 0.3) is 5.91 Å². The number of halogens is 1. The van der Waals surface area contributed by atoms with Gasteiger partial charge in [0.05, 0.1) is 10.6 Å². The molecule has 18 heavy (non-hydrogen) atoms. The topological polar surface area (TPSA) is 87.7 Å². The summed E-state index contributed by atoms with van der Waals surface area (Å²) in [5.41, 5.74) is 6.68. The van der Waals surface area contributed by atoms with Crippen molar-refractivity contribution in [1.82, 2.24) is 5.32 Å². The minimum absolute atomic E-state index is 0.0747. The number of nitrogens with zero attached hydrogens (tertiary/aromatic N) is 1. The van der Waals surface area contributed by atoms with E-state index in [0.29, 0.717) is 10.6 Å². The van der Waals surface area contributed by atoms with Gasteiger partial charge in [0.2, 0.25) is 0 Å². The van der Waals surface area contributed by atoms with Gasteiger partial charge < -0.3 is 16.3 Å². The summed E-state index contributed by atoms with van der Waals surface area (Å²) in [7, 11) is 0. The second-order valence-corrected chi connectivity index (χ2v) is 4.45. The molecule has 1 aromatic carbocycles. The average Bonchev–Trinajstić information content (AvgIpc) is 2.37. The van der Waals surface area contributed by atoms with E-state index in [4.69, 9.17) is 22.5 Å². The number of carbonyl (C=O) groups is 1. The summed E-state index contributed by atoms with van der Waals surface area (Å²) in [5.74, 6) is -0.450. The minimum atomic E-state index is -0.277. The molecule has 1 rings (SSSR count). The normalized spacial score (nSPS) is 13.2. The lowest BCUT2D eigenvalue weighted by molar-refractivity contribution is 0.0951. The molecule has 6 heteroatoms. The van der Waals surface area contributed by atoms with Gasteiger partial charge in [-0.1, -0.05) is 35.8 Å². The Morgan fingerprint density at radius 1 is 1.61 bits per heavy atom. The first-order valence-corrected chi connectivity index (χ1v) is 5.86. The fraction of sp³-hybridized carbons (Fsp3) is 0.333. The van der Waals surface area contributed by atoms with Crippen molar-refractivity contribution in [2.75, 3.05) is 6.54 Å². The lowest BCUT2D eigenvalue weighted by Gasteiger charge is -2.12. The van der Waals surface area contributed by atoms with Gasteiger partial charge in [-0.15, -0.1) is 0 Å². The highest BCUT2D eigenvalue weighted by molar-refractivity contribution is 6.34. The van der Waals surface area contributed by atoms with Crippen molar-refractivity contribution in [3.05, 3.63) is 34.3 Å². The standard InChI is InChI=1S/C12H16ClN3O2/c1-7-4-3-5-9(10(7)13)12(17)15-6-8(2)11(14)16-18/h3-5,8,18H,6H2,1-2H3,(H2,14,16)(H,15,17). The molecule has 0 fully saturated rings. The number of hydrogen-bond donors (Lipinski definition) is 3. The molecule has 5 nitrogen and oxygen atoms in total. The van der Waals surface area contributed by atoms with Gasteiger partial charge in [-0.25, -0.2) is 0 Å². The molecule has 1 aromatic rings. The second-order valence-electron chi connectivity index (χ2n) is 4.07. The molecule has 0 saturated carbocycles. The first kappa shape index (κ1) is 14.3. The quantitative estimate of drug-likeness (QED) is 0.337. The molecule has 1 amide bonds. The van der Waals surface area contributed by atoms with E-state index in [9.17, 15) is 4.79 Å². The maximum atomic E-state index is 11.9. The Balaban J connectivity index is 2.69. The largest absolute Gasteiger partial charge is 0.409 e. The zero-order chi connectivity index (χ0) is 13.7. The van der Waals surface area contributed by atoms with Crippen LogP contribution in [0.4, 0.5) is 0 Å². The molecule has 0 heterocycles. The van der Waals surface area contributed by atoms with Crippen molar-refractivity contribution in [3.63, 3.8) is 0 Å². The number of nitrogens with one attached hydrogen (secondary N) is 1. The van der Waals surface area contributed by atoms with Gasteiger partial charge in [0.1, 0.15) is 5.84 Å². The molecule has 98 valence electrons. The van der Waals surface area contributed by atoms with Crippen molar-refractivity contribution in [2.24, 2.45) is 16.8 Å². The smallest absolute Gasteiger partial charge is 0.252 e. The molecule has 4 N–H and O–H groups in total. The van der Waals surface area contributed by atoms with E-state index in [2.05, 4.69) is 10.5 Å². The van der Waals surface area contributed by atoms with Gasteiger partial charge >= 0.3 is 0 Å². The fourth-order valence-electron chi connectivity index (χ4n) is 1.37. The Morgan fingerprint density at radius 2 is 2.28 bits per heavy atom. The van der Waals surface area contributed by atoms with Crippen molar-refractivity contribution >= 4 is 23.3 Å². The van der Waals surface area contributed by atoms with Crippen LogP contribution in [-0.4, -0.2) is 23.5 Å². The first-order chi connectivity index (χ1) is 8.47. The number of amidine groups is 1. The fourth-order valence-corrected chi connectivity index (χ4v) is 1.58. The molecule has 0 radical (unpaired) electrons. The van der Waals surface area contributed by atoms with E-state index >= 15 is 0 Å². The van der Waals surface area contributed by atoms with Crippen LogP contribution in [0.2, 0.25) is 5.02 Å². The SMILES string of the molecule is Cc1cccc(C(=O)NCC(C)/C(N)=N/O)c1Cl. The maximum Gasteiger partial charge on any atom is 0.252 e. The van der Waals surface area contributed by atoms with E-state index in [-0.39, 0.29) is 24.2 Å². The van der Waals surface area contributed by atoms with Gasteiger partial charge in [0, 0.05) is 12.5 Å². The van der Waals surface area contributed by atoms with Gasteiger partial charge in [0.15, 0.2) is 0 Å². The monoisotopic (exact) mass is 269 g/mol. The number of amides is 1. The summed E-state index contributed by atoms with van der Waals surface area (Å²) < 4.78 is 0. The van der Waals surface area contributed by atoms with Gasteiger partial charge in [-0.3, -0.25) is 4.79 Å². The van der Waals surface area contributed by atoms with Crippen molar-refractivity contribution in [2.45, 2.75) is 13.8 Å². The molecule has 0 bridgehead atoms. The van der Waals surface area contributed by atoms with Crippen LogP contribution in [0.25, 0.3) is 0 Å². The average molecular weight is 270 g/mol. The van der Waals surface area contributed by atoms with Crippen LogP contribution in [0, 0.1) is 12.8 Å². The van der Waals surface area contributed by atoms with Gasteiger partial charge in [-0.05, 0) is 18.6 Å². The number of oxime groups is 1. The third kappa shape index (κ3) is 3.37. The zero-order valence-electron chi connectivity index (χ0n) is 10.3. The highest BCUT2D eigenvalue weighted by Gasteiger charge is 2.14. The molecule has 0 spiro atoms. The lowest BCUT2D eigenvalue weighted by Crippen LogP contribution is -2.34. The Hall–Kier alpha value is -1.75. The Morgan fingerprint density at radius 3 is 2.89 bits per heavy atom. The van der Waals surface area contributed by atoms with Crippen molar-refractivity contribution in [3.8, 4) is 0 Å². The van der Waals surface area contributed by atoms with Crippen LogP contribution in [-0.2, 0) is 0 Å². The van der Waals surface area contributed by atoms with E-state index in [1.165, 1.54) is 0 Å². The van der Waals surface area contributed by atoms with Crippen LogP contribution < -0.4 is 11.1 Å². The molecule has 1 unspecified atom stereocenters. The van der Waals surface area contributed by atoms with E-state index in [0.717, 1.165) is 5.56 Å². The Kier molecular flexibility index (Phi) is 4.97. The van der Waals surface area contributed by atoms with Crippen molar-refractivity contribution < 1.29 is 10.0 Å². The third-order valence-corrected chi connectivity index (χ3v) is 3.13. The van der Waals surface area contributed by atoms with Gasteiger partial charge in [-0.2, -0.15) is 0 Å². The number of rotatable bonds is 4. The highest BCUT2D eigenvalue weighted by Crippen LogP contribution is 2.19. The molecule has 0 aliphatic heterocycles. The number of hydrogen-bond acceptors (Lipinski definition) is 3. The van der Waals surface area contributed by atoms with Crippen LogP contribution in [0.5, 0.6) is 0 Å². The van der Waals surface area contributed by atoms with E-state index < -0.39 is 0 Å². The summed E-state index contributed by atoms with van der Waals surface area (Å²) in [6, 6.07) is 5.25. The lowest BCUT2D eigenvalue weighted by atomic mass is 10.1. The molecule has 0 aromatic heterocycles. The van der Waals surface area contributed by atoms with Crippen LogP contribution in [0.3, 0.4) is 0 Å². The summed E-state index contributed by atoms with van der Waals surface area (Å²) >= 11 is 6.04. The predicted molar refractivity (Wildman–Crippen MR) is 71.1 cm³/mol. The Labute approximate surface area is 111 Å². The Bertz CT molecular complexity index is 474. The van der Waals surface area contributed by atoms with Crippen LogP contribution in [0.15, 0.2) is 23.4 Å². The number of nitrogens with two attached hydrogens (primary N) is 1. The second kappa shape index (κ2) is 6.26. The number of carbonyl (C=O) groups excluding carboxylic acids is 1. The summed E-state index contributed by atoms with van der Waals surface area (Å²) in [5, 5.41) is 14.5. The number of benzene rings is 1. The first-order valence-electron chi connectivity index (χ1n) is 5.48. The van der Waals surface area contributed by atoms with Crippen LogP contribution in [0.1, 0.15) is 22.8 Å². The van der Waals surface area contributed by atoms with Crippen LogP contribution >= 0.6 is 11.6 Å². The maximum absolute atomic E-state index is 11.9. The van der Waals surface area contributed by atoms with E-state index in [1.807, 2.05) is 13.0 Å². The minimum Gasteiger partial charge on any atom is -0.409 e. The zero-order valence-corrected chi connectivity index (χ0v) is 11.0. The molecule has 0 aliphatic rings. The van der Waals surface area contributed by atoms with Crippen molar-refractivity contribution in [1.29, 1.82) is 0 Å². The van der Waals surface area contributed by atoms with E-state index in [1.54, 1.807) is 19.1 Å². The highest BCUT2D eigenvalue weighted by atomic mass is 35.5. The molecular weight excluding hydrogens is 254 g/mol. The molecule has 1 atom stereocenters.